The van der Waals surface area contributed by atoms with E-state index in [-0.39, 0.29) is 0 Å². The molecule has 0 atom stereocenters. The second kappa shape index (κ2) is 5.11. The number of aryl methyl sites for hydroxylation is 1. The van der Waals surface area contributed by atoms with Crippen LogP contribution in [0.25, 0.3) is 11.4 Å². The SMILES string of the molecule is NNc1nc(-c2ccccc2C2CC2)nc2c1CCCC2. The minimum Gasteiger partial charge on any atom is -0.308 e. The van der Waals surface area contributed by atoms with Crippen LogP contribution in [0.4, 0.5) is 5.82 Å². The zero-order valence-electron chi connectivity index (χ0n) is 12.1. The number of rotatable bonds is 3. The molecular weight excluding hydrogens is 260 g/mol. The molecule has 3 N–H and O–H groups in total. The fourth-order valence-corrected chi connectivity index (χ4v) is 3.28. The van der Waals surface area contributed by atoms with E-state index in [2.05, 4.69) is 29.7 Å². The van der Waals surface area contributed by atoms with Crippen LogP contribution in [0.5, 0.6) is 0 Å². The maximum Gasteiger partial charge on any atom is 0.162 e. The van der Waals surface area contributed by atoms with Gasteiger partial charge in [0, 0.05) is 16.8 Å². The van der Waals surface area contributed by atoms with Crippen molar-refractivity contribution in [2.45, 2.75) is 44.4 Å². The van der Waals surface area contributed by atoms with Crippen molar-refractivity contribution >= 4 is 5.82 Å². The summed E-state index contributed by atoms with van der Waals surface area (Å²) in [6, 6.07) is 8.53. The van der Waals surface area contributed by atoms with E-state index < -0.39 is 0 Å². The van der Waals surface area contributed by atoms with Gasteiger partial charge in [-0.1, -0.05) is 24.3 Å². The summed E-state index contributed by atoms with van der Waals surface area (Å²) < 4.78 is 0. The van der Waals surface area contributed by atoms with Crippen LogP contribution >= 0.6 is 0 Å². The molecule has 2 aromatic rings. The zero-order valence-corrected chi connectivity index (χ0v) is 12.1. The van der Waals surface area contributed by atoms with Gasteiger partial charge < -0.3 is 5.43 Å². The predicted octanol–water partition coefficient (Wildman–Crippen LogP) is 3.19. The van der Waals surface area contributed by atoms with E-state index >= 15 is 0 Å². The van der Waals surface area contributed by atoms with E-state index in [1.807, 2.05) is 0 Å². The number of benzene rings is 1. The van der Waals surface area contributed by atoms with Crippen molar-refractivity contribution in [3.8, 4) is 11.4 Å². The second-order valence-corrected chi connectivity index (χ2v) is 6.03. The number of nitrogens with one attached hydrogen (secondary N) is 1. The fourth-order valence-electron chi connectivity index (χ4n) is 3.28. The smallest absolute Gasteiger partial charge is 0.162 e. The Labute approximate surface area is 124 Å². The molecule has 1 saturated carbocycles. The van der Waals surface area contributed by atoms with Gasteiger partial charge in [-0.25, -0.2) is 15.8 Å². The minimum atomic E-state index is 0.690. The number of anilines is 1. The van der Waals surface area contributed by atoms with Gasteiger partial charge in [-0.15, -0.1) is 0 Å². The summed E-state index contributed by atoms with van der Waals surface area (Å²) in [5, 5.41) is 0. The van der Waals surface area contributed by atoms with Crippen LogP contribution in [0.1, 0.15) is 48.4 Å². The number of nitrogen functional groups attached to an aromatic ring is 1. The molecule has 108 valence electrons. The second-order valence-electron chi connectivity index (χ2n) is 6.03. The summed E-state index contributed by atoms with van der Waals surface area (Å²) in [5.74, 6) is 8.01. The van der Waals surface area contributed by atoms with Gasteiger partial charge >= 0.3 is 0 Å². The highest BCUT2D eigenvalue weighted by Gasteiger charge is 2.27. The number of hydrogen-bond acceptors (Lipinski definition) is 4. The standard InChI is InChI=1S/C17H20N4/c18-21-17-14-7-3-4-8-15(14)19-16(20-17)13-6-2-1-5-12(13)11-9-10-11/h1-2,5-6,11H,3-4,7-10,18H2,(H,19,20,21). The van der Waals surface area contributed by atoms with Crippen molar-refractivity contribution in [1.29, 1.82) is 0 Å². The Kier molecular flexibility index (Phi) is 3.11. The Balaban J connectivity index is 1.85. The van der Waals surface area contributed by atoms with Crippen LogP contribution in [0, 0.1) is 0 Å². The molecule has 2 aliphatic rings. The highest BCUT2D eigenvalue weighted by Crippen LogP contribution is 2.44. The van der Waals surface area contributed by atoms with Crippen LogP contribution in [0.15, 0.2) is 24.3 Å². The van der Waals surface area contributed by atoms with E-state index in [1.165, 1.54) is 48.1 Å². The molecule has 0 amide bonds. The van der Waals surface area contributed by atoms with E-state index in [1.54, 1.807) is 0 Å². The van der Waals surface area contributed by atoms with Crippen molar-refractivity contribution in [2.24, 2.45) is 5.84 Å². The van der Waals surface area contributed by atoms with E-state index in [0.29, 0.717) is 5.92 Å². The molecule has 0 aliphatic heterocycles. The number of aromatic nitrogens is 2. The lowest BCUT2D eigenvalue weighted by Crippen LogP contribution is -2.17. The Morgan fingerprint density at radius 2 is 1.86 bits per heavy atom. The molecule has 1 aromatic heterocycles. The van der Waals surface area contributed by atoms with Gasteiger partial charge in [0.1, 0.15) is 5.82 Å². The molecule has 0 radical (unpaired) electrons. The Hall–Kier alpha value is -1.94. The molecule has 2 aliphatic carbocycles. The third-order valence-electron chi connectivity index (χ3n) is 4.54. The molecule has 0 bridgehead atoms. The summed E-state index contributed by atoms with van der Waals surface area (Å²) in [5.41, 5.74) is 7.71. The molecule has 21 heavy (non-hydrogen) atoms. The monoisotopic (exact) mass is 280 g/mol. The van der Waals surface area contributed by atoms with Crippen molar-refractivity contribution in [1.82, 2.24) is 9.97 Å². The first-order valence-corrected chi connectivity index (χ1v) is 7.82. The molecule has 1 fully saturated rings. The van der Waals surface area contributed by atoms with Crippen LogP contribution in [0.2, 0.25) is 0 Å². The number of nitrogens with two attached hydrogens (primary N) is 1. The molecule has 1 heterocycles. The van der Waals surface area contributed by atoms with Crippen molar-refractivity contribution in [3.05, 3.63) is 41.1 Å². The lowest BCUT2D eigenvalue weighted by atomic mass is 9.95. The molecule has 0 spiro atoms. The lowest BCUT2D eigenvalue weighted by molar-refractivity contribution is 0.664. The first-order valence-electron chi connectivity index (χ1n) is 7.82. The van der Waals surface area contributed by atoms with Crippen LogP contribution in [-0.2, 0) is 12.8 Å². The van der Waals surface area contributed by atoms with Gasteiger partial charge in [0.15, 0.2) is 5.82 Å². The minimum absolute atomic E-state index is 0.690. The van der Waals surface area contributed by atoms with Gasteiger partial charge in [0.2, 0.25) is 0 Å². The summed E-state index contributed by atoms with van der Waals surface area (Å²) in [6.07, 6.45) is 7.03. The fraction of sp³-hybridized carbons (Fsp3) is 0.412. The highest BCUT2D eigenvalue weighted by molar-refractivity contribution is 5.65. The maximum absolute atomic E-state index is 5.69. The topological polar surface area (TPSA) is 63.8 Å². The maximum atomic E-state index is 5.69. The van der Waals surface area contributed by atoms with Gasteiger partial charge in [0.25, 0.3) is 0 Å². The average Bonchev–Trinajstić information content (AvgIpc) is 3.38. The molecule has 0 saturated heterocycles. The Morgan fingerprint density at radius 1 is 1.05 bits per heavy atom. The van der Waals surface area contributed by atoms with Crippen molar-refractivity contribution in [2.75, 3.05) is 5.43 Å². The summed E-state index contributed by atoms with van der Waals surface area (Å²) in [4.78, 5) is 9.55. The molecule has 4 heteroatoms. The van der Waals surface area contributed by atoms with E-state index in [4.69, 9.17) is 15.8 Å². The third kappa shape index (κ3) is 2.29. The number of fused-ring (bicyclic) bond motifs is 1. The Morgan fingerprint density at radius 3 is 2.67 bits per heavy atom. The van der Waals surface area contributed by atoms with Crippen LogP contribution < -0.4 is 11.3 Å². The van der Waals surface area contributed by atoms with Gasteiger partial charge in [0.05, 0.1) is 0 Å². The van der Waals surface area contributed by atoms with E-state index in [9.17, 15) is 0 Å². The zero-order chi connectivity index (χ0) is 14.2. The summed E-state index contributed by atoms with van der Waals surface area (Å²) in [6.45, 7) is 0. The molecular formula is C17H20N4. The van der Waals surface area contributed by atoms with E-state index in [0.717, 1.165) is 24.5 Å². The summed E-state index contributed by atoms with van der Waals surface area (Å²) in [7, 11) is 0. The molecule has 4 rings (SSSR count). The highest BCUT2D eigenvalue weighted by atomic mass is 15.3. The van der Waals surface area contributed by atoms with Crippen molar-refractivity contribution < 1.29 is 0 Å². The average molecular weight is 280 g/mol. The molecule has 1 aromatic carbocycles. The normalized spacial score (nSPS) is 17.4. The number of hydrazine groups is 1. The first kappa shape index (κ1) is 12.8. The number of nitrogens with zero attached hydrogens (tertiary/aromatic N) is 2. The van der Waals surface area contributed by atoms with Crippen LogP contribution in [0.3, 0.4) is 0 Å². The predicted molar refractivity (Wildman–Crippen MR) is 83.9 cm³/mol. The van der Waals surface area contributed by atoms with Crippen molar-refractivity contribution in [3.63, 3.8) is 0 Å². The van der Waals surface area contributed by atoms with Gasteiger partial charge in [-0.05, 0) is 50.0 Å². The van der Waals surface area contributed by atoms with Gasteiger partial charge in [-0.2, -0.15) is 0 Å². The van der Waals surface area contributed by atoms with Crippen LogP contribution in [-0.4, -0.2) is 9.97 Å². The molecule has 0 unspecified atom stereocenters. The number of hydrogen-bond donors (Lipinski definition) is 2. The van der Waals surface area contributed by atoms with Gasteiger partial charge in [-0.3, -0.25) is 0 Å². The third-order valence-corrected chi connectivity index (χ3v) is 4.54. The summed E-state index contributed by atoms with van der Waals surface area (Å²) >= 11 is 0. The lowest BCUT2D eigenvalue weighted by Gasteiger charge is -2.19. The quantitative estimate of drug-likeness (QED) is 0.669. The Bertz CT molecular complexity index is 659. The largest absolute Gasteiger partial charge is 0.308 e. The molecule has 4 nitrogen and oxygen atoms in total. The first-order chi connectivity index (χ1) is 10.4.